The molecule has 0 aliphatic rings. The average molecular weight is 209 g/mol. The summed E-state index contributed by atoms with van der Waals surface area (Å²) < 4.78 is 1.94. The molecule has 3 nitrogen and oxygen atoms in total. The Morgan fingerprint density at radius 2 is 2.33 bits per heavy atom. The van der Waals surface area contributed by atoms with Gasteiger partial charge < -0.3 is 5.32 Å². The number of aromatic nitrogens is 2. The van der Waals surface area contributed by atoms with Crippen LogP contribution in [0.15, 0.2) is 12.3 Å². The number of nitrogens with zero attached hydrogens (tertiary/aromatic N) is 2. The molecule has 3 heteroatoms. The molecule has 0 bridgehead atoms. The van der Waals surface area contributed by atoms with Gasteiger partial charge in [-0.15, -0.1) is 0 Å². The van der Waals surface area contributed by atoms with Crippen molar-refractivity contribution in [3.63, 3.8) is 0 Å². The van der Waals surface area contributed by atoms with E-state index in [2.05, 4.69) is 30.3 Å². The number of aryl methyl sites for hydroxylation is 1. The normalized spacial score (nSPS) is 13.0. The third-order valence-electron chi connectivity index (χ3n) is 2.75. The number of rotatable bonds is 7. The van der Waals surface area contributed by atoms with E-state index in [1.165, 1.54) is 18.5 Å². The van der Waals surface area contributed by atoms with E-state index < -0.39 is 0 Å². The first-order valence-corrected chi connectivity index (χ1v) is 5.91. The Labute approximate surface area is 92.9 Å². The van der Waals surface area contributed by atoms with E-state index in [0.29, 0.717) is 0 Å². The maximum atomic E-state index is 4.15. The molecule has 0 aromatic carbocycles. The van der Waals surface area contributed by atoms with Crippen LogP contribution in [0.2, 0.25) is 0 Å². The third-order valence-corrected chi connectivity index (χ3v) is 2.75. The Balaban J connectivity index is 2.09. The van der Waals surface area contributed by atoms with Crippen LogP contribution in [0.25, 0.3) is 0 Å². The predicted octanol–water partition coefficient (Wildman–Crippen LogP) is 1.99. The van der Waals surface area contributed by atoms with E-state index >= 15 is 0 Å². The fraction of sp³-hybridized carbons (Fsp3) is 0.750. The molecule has 0 saturated carbocycles. The molecule has 86 valence electrons. The average Bonchev–Trinajstić information content (AvgIpc) is 2.60. The van der Waals surface area contributed by atoms with Crippen molar-refractivity contribution in [1.29, 1.82) is 0 Å². The second-order valence-corrected chi connectivity index (χ2v) is 4.29. The summed E-state index contributed by atoms with van der Waals surface area (Å²) in [5.74, 6) is 0.793. The minimum Gasteiger partial charge on any atom is -0.316 e. The van der Waals surface area contributed by atoms with Crippen LogP contribution in [-0.4, -0.2) is 22.9 Å². The summed E-state index contributed by atoms with van der Waals surface area (Å²) in [7, 11) is 2.00. The van der Waals surface area contributed by atoms with Crippen LogP contribution in [0.5, 0.6) is 0 Å². The van der Waals surface area contributed by atoms with Crippen molar-refractivity contribution in [3.8, 4) is 0 Å². The van der Waals surface area contributed by atoms with Crippen molar-refractivity contribution < 1.29 is 0 Å². The van der Waals surface area contributed by atoms with Crippen LogP contribution in [0, 0.1) is 5.92 Å². The monoisotopic (exact) mass is 209 g/mol. The van der Waals surface area contributed by atoms with Crippen molar-refractivity contribution in [2.45, 2.75) is 33.1 Å². The van der Waals surface area contributed by atoms with Gasteiger partial charge in [0.15, 0.2) is 0 Å². The largest absolute Gasteiger partial charge is 0.316 e. The maximum absolute atomic E-state index is 4.15. The lowest BCUT2D eigenvalue weighted by molar-refractivity contribution is 0.476. The molecule has 0 radical (unpaired) electrons. The molecule has 1 rings (SSSR count). The molecule has 0 aliphatic heterocycles. The summed E-state index contributed by atoms with van der Waals surface area (Å²) in [4.78, 5) is 0. The predicted molar refractivity (Wildman–Crippen MR) is 63.9 cm³/mol. The highest BCUT2D eigenvalue weighted by atomic mass is 15.3. The van der Waals surface area contributed by atoms with E-state index in [1.54, 1.807) is 0 Å². The Morgan fingerprint density at radius 1 is 1.53 bits per heavy atom. The second-order valence-electron chi connectivity index (χ2n) is 4.29. The van der Waals surface area contributed by atoms with Gasteiger partial charge in [0.25, 0.3) is 0 Å². The summed E-state index contributed by atoms with van der Waals surface area (Å²) in [5, 5.41) is 7.64. The molecule has 1 N–H and O–H groups in total. The Kier molecular flexibility index (Phi) is 5.40. The molecule has 1 atom stereocenters. The molecule has 1 aromatic heterocycles. The van der Waals surface area contributed by atoms with E-state index in [9.17, 15) is 0 Å². The summed E-state index contributed by atoms with van der Waals surface area (Å²) in [6.07, 6.45) is 5.52. The van der Waals surface area contributed by atoms with Crippen LogP contribution in [-0.2, 0) is 13.5 Å². The molecular weight excluding hydrogens is 186 g/mol. The quantitative estimate of drug-likeness (QED) is 0.696. The minimum atomic E-state index is 0.793. The molecule has 15 heavy (non-hydrogen) atoms. The van der Waals surface area contributed by atoms with Gasteiger partial charge in [-0.05, 0) is 24.9 Å². The Bertz CT molecular complexity index is 268. The van der Waals surface area contributed by atoms with Gasteiger partial charge in [0.1, 0.15) is 0 Å². The lowest BCUT2D eigenvalue weighted by Crippen LogP contribution is -2.24. The van der Waals surface area contributed by atoms with Crippen LogP contribution < -0.4 is 5.32 Å². The first kappa shape index (κ1) is 12.2. The standard InChI is InChI=1S/C12H23N3/c1-4-5-11(2)10-13-8-6-12-7-9-14-15(12)3/h7,9,11,13H,4-6,8,10H2,1-3H3. The van der Waals surface area contributed by atoms with Gasteiger partial charge in [0, 0.05) is 31.9 Å². The summed E-state index contributed by atoms with van der Waals surface area (Å²) in [6.45, 7) is 6.73. The molecule has 0 aliphatic carbocycles. The zero-order valence-corrected chi connectivity index (χ0v) is 10.2. The van der Waals surface area contributed by atoms with Gasteiger partial charge in [0.05, 0.1) is 0 Å². The molecule has 0 spiro atoms. The highest BCUT2D eigenvalue weighted by Crippen LogP contribution is 2.02. The minimum absolute atomic E-state index is 0.793. The van der Waals surface area contributed by atoms with Crippen molar-refractivity contribution in [1.82, 2.24) is 15.1 Å². The fourth-order valence-corrected chi connectivity index (χ4v) is 1.81. The molecule has 1 heterocycles. The number of hydrogen-bond donors (Lipinski definition) is 1. The zero-order chi connectivity index (χ0) is 11.1. The third kappa shape index (κ3) is 4.47. The molecular formula is C12H23N3. The van der Waals surface area contributed by atoms with Crippen LogP contribution >= 0.6 is 0 Å². The molecule has 1 unspecified atom stereocenters. The van der Waals surface area contributed by atoms with E-state index in [4.69, 9.17) is 0 Å². The number of hydrogen-bond acceptors (Lipinski definition) is 2. The molecule has 0 fully saturated rings. The highest BCUT2D eigenvalue weighted by Gasteiger charge is 2.01. The Morgan fingerprint density at radius 3 is 2.93 bits per heavy atom. The van der Waals surface area contributed by atoms with Crippen molar-refractivity contribution in [3.05, 3.63) is 18.0 Å². The summed E-state index contributed by atoms with van der Waals surface area (Å²) in [6, 6.07) is 2.08. The topological polar surface area (TPSA) is 29.9 Å². The van der Waals surface area contributed by atoms with Crippen LogP contribution in [0.3, 0.4) is 0 Å². The van der Waals surface area contributed by atoms with E-state index in [1.807, 2.05) is 17.9 Å². The first-order chi connectivity index (χ1) is 7.24. The molecule has 0 amide bonds. The zero-order valence-electron chi connectivity index (χ0n) is 10.2. The van der Waals surface area contributed by atoms with Gasteiger partial charge in [-0.3, -0.25) is 4.68 Å². The van der Waals surface area contributed by atoms with Gasteiger partial charge in [-0.25, -0.2) is 0 Å². The smallest absolute Gasteiger partial charge is 0.0492 e. The van der Waals surface area contributed by atoms with Crippen LogP contribution in [0.4, 0.5) is 0 Å². The Hall–Kier alpha value is -0.830. The van der Waals surface area contributed by atoms with Crippen LogP contribution in [0.1, 0.15) is 32.4 Å². The lowest BCUT2D eigenvalue weighted by Gasteiger charge is -2.11. The van der Waals surface area contributed by atoms with E-state index in [0.717, 1.165) is 25.4 Å². The van der Waals surface area contributed by atoms with Crippen molar-refractivity contribution in [2.75, 3.05) is 13.1 Å². The fourth-order valence-electron chi connectivity index (χ4n) is 1.81. The molecule has 1 aromatic rings. The SMILES string of the molecule is CCCC(C)CNCCc1ccnn1C. The van der Waals surface area contributed by atoms with Crippen molar-refractivity contribution in [2.24, 2.45) is 13.0 Å². The lowest BCUT2D eigenvalue weighted by atomic mass is 10.1. The summed E-state index contributed by atoms with van der Waals surface area (Å²) >= 11 is 0. The van der Waals surface area contributed by atoms with Gasteiger partial charge in [0.2, 0.25) is 0 Å². The second kappa shape index (κ2) is 6.62. The van der Waals surface area contributed by atoms with E-state index in [-0.39, 0.29) is 0 Å². The molecule has 0 saturated heterocycles. The first-order valence-electron chi connectivity index (χ1n) is 5.91. The van der Waals surface area contributed by atoms with Gasteiger partial charge >= 0.3 is 0 Å². The maximum Gasteiger partial charge on any atom is 0.0492 e. The van der Waals surface area contributed by atoms with Gasteiger partial charge in [-0.1, -0.05) is 20.3 Å². The number of nitrogens with one attached hydrogen (secondary N) is 1. The van der Waals surface area contributed by atoms with Gasteiger partial charge in [-0.2, -0.15) is 5.10 Å². The highest BCUT2D eigenvalue weighted by molar-refractivity contribution is 5.00. The van der Waals surface area contributed by atoms with Crippen molar-refractivity contribution >= 4 is 0 Å². The summed E-state index contributed by atoms with van der Waals surface area (Å²) in [5.41, 5.74) is 1.30.